The van der Waals surface area contributed by atoms with Crippen LogP contribution in [0.4, 0.5) is 4.39 Å². The van der Waals surface area contributed by atoms with Crippen LogP contribution < -0.4 is 10.0 Å². The molecule has 0 saturated heterocycles. The fourth-order valence-electron chi connectivity index (χ4n) is 2.50. The van der Waals surface area contributed by atoms with Gasteiger partial charge in [-0.3, -0.25) is 4.79 Å². The average molecular weight is 446 g/mol. The van der Waals surface area contributed by atoms with E-state index in [1.165, 1.54) is 54.8 Å². The van der Waals surface area contributed by atoms with E-state index in [2.05, 4.69) is 10.0 Å². The molecule has 2 aromatic carbocycles. The summed E-state index contributed by atoms with van der Waals surface area (Å²) in [5.41, 5.74) is 0.787. The highest BCUT2D eigenvalue weighted by Gasteiger charge is 2.16. The van der Waals surface area contributed by atoms with Gasteiger partial charge >= 0.3 is 5.97 Å². The summed E-state index contributed by atoms with van der Waals surface area (Å²) in [6.07, 6.45) is 1.44. The van der Waals surface area contributed by atoms with Crippen molar-refractivity contribution in [3.8, 4) is 0 Å². The summed E-state index contributed by atoms with van der Waals surface area (Å²) in [5, 5.41) is 2.55. The quantitative estimate of drug-likeness (QED) is 0.488. The number of ether oxygens (including phenoxy) is 1. The molecule has 10 heteroatoms. The first-order chi connectivity index (χ1) is 14.8. The molecule has 0 spiro atoms. The van der Waals surface area contributed by atoms with Crippen LogP contribution in [0.15, 0.2) is 76.2 Å². The average Bonchev–Trinajstić information content (AvgIpc) is 3.30. The van der Waals surface area contributed by atoms with Gasteiger partial charge in [-0.2, -0.15) is 0 Å². The minimum absolute atomic E-state index is 0.00778. The lowest BCUT2D eigenvalue weighted by molar-refractivity contribution is -0.124. The largest absolute Gasteiger partial charge is 0.468 e. The third kappa shape index (κ3) is 6.49. The number of amides is 1. The van der Waals surface area contributed by atoms with Crippen molar-refractivity contribution in [2.75, 3.05) is 6.61 Å². The Hall–Kier alpha value is -3.50. The Labute approximate surface area is 178 Å². The third-order valence-electron chi connectivity index (χ3n) is 4.15. The molecule has 0 aliphatic carbocycles. The minimum Gasteiger partial charge on any atom is -0.468 e. The summed E-state index contributed by atoms with van der Waals surface area (Å²) in [4.78, 5) is 23.9. The van der Waals surface area contributed by atoms with Crippen LogP contribution >= 0.6 is 0 Å². The van der Waals surface area contributed by atoms with Crippen LogP contribution in [-0.4, -0.2) is 26.9 Å². The Morgan fingerprint density at radius 1 is 0.968 bits per heavy atom. The van der Waals surface area contributed by atoms with Gasteiger partial charge in [-0.1, -0.05) is 12.1 Å². The molecule has 0 fully saturated rings. The lowest BCUT2D eigenvalue weighted by Gasteiger charge is -2.08. The van der Waals surface area contributed by atoms with Gasteiger partial charge in [0.2, 0.25) is 10.0 Å². The fourth-order valence-corrected chi connectivity index (χ4v) is 3.49. The zero-order valence-electron chi connectivity index (χ0n) is 16.2. The normalized spacial score (nSPS) is 11.1. The zero-order valence-corrected chi connectivity index (χ0v) is 17.0. The van der Waals surface area contributed by atoms with Gasteiger partial charge in [-0.25, -0.2) is 22.3 Å². The second-order valence-corrected chi connectivity index (χ2v) is 8.17. The summed E-state index contributed by atoms with van der Waals surface area (Å²) in [6.45, 7) is -0.356. The molecule has 8 nitrogen and oxygen atoms in total. The van der Waals surface area contributed by atoms with E-state index in [-0.39, 0.29) is 29.4 Å². The Balaban J connectivity index is 1.48. The van der Waals surface area contributed by atoms with Crippen molar-refractivity contribution in [2.45, 2.75) is 18.0 Å². The number of halogens is 1. The highest BCUT2D eigenvalue weighted by Crippen LogP contribution is 2.12. The molecule has 0 bridgehead atoms. The first-order valence-corrected chi connectivity index (χ1v) is 10.6. The number of rotatable bonds is 9. The number of carbonyl (C=O) groups is 2. The number of carbonyl (C=O) groups excluding carboxylic acids is 2. The number of furan rings is 1. The van der Waals surface area contributed by atoms with Crippen LogP contribution in [0.1, 0.15) is 21.7 Å². The van der Waals surface area contributed by atoms with Crippen LogP contribution in [0, 0.1) is 5.82 Å². The van der Waals surface area contributed by atoms with Crippen LogP contribution in [0.5, 0.6) is 0 Å². The van der Waals surface area contributed by atoms with Gasteiger partial charge in [0.1, 0.15) is 11.6 Å². The molecule has 0 aliphatic rings. The van der Waals surface area contributed by atoms with Crippen molar-refractivity contribution >= 4 is 21.9 Å². The molecule has 1 heterocycles. The van der Waals surface area contributed by atoms with Gasteiger partial charge in [-0.05, 0) is 54.1 Å². The molecule has 3 rings (SSSR count). The second kappa shape index (κ2) is 10.0. The van der Waals surface area contributed by atoms with Crippen molar-refractivity contribution in [2.24, 2.45) is 0 Å². The molecular weight excluding hydrogens is 427 g/mol. The smallest absolute Gasteiger partial charge is 0.338 e. The summed E-state index contributed by atoms with van der Waals surface area (Å²) >= 11 is 0. The minimum atomic E-state index is -3.79. The molecule has 162 valence electrons. The number of nitrogens with one attached hydrogen (secondary N) is 2. The van der Waals surface area contributed by atoms with E-state index in [4.69, 9.17) is 9.15 Å². The maximum absolute atomic E-state index is 12.9. The maximum Gasteiger partial charge on any atom is 0.338 e. The van der Waals surface area contributed by atoms with Crippen LogP contribution in [0.3, 0.4) is 0 Å². The number of esters is 1. The number of benzene rings is 2. The Morgan fingerprint density at radius 2 is 1.68 bits per heavy atom. The Kier molecular flexibility index (Phi) is 7.16. The molecule has 0 saturated carbocycles. The highest BCUT2D eigenvalue weighted by atomic mass is 32.2. The van der Waals surface area contributed by atoms with E-state index in [1.807, 2.05) is 0 Å². The van der Waals surface area contributed by atoms with E-state index in [0.29, 0.717) is 11.3 Å². The molecule has 0 atom stereocenters. The topological polar surface area (TPSA) is 115 Å². The van der Waals surface area contributed by atoms with Crippen molar-refractivity contribution in [3.63, 3.8) is 0 Å². The SMILES string of the molecule is O=C(COC(=O)c1ccc(S(=O)(=O)NCc2ccco2)cc1)NCc1ccc(F)cc1. The molecule has 2 N–H and O–H groups in total. The molecular formula is C21H19FN2O6S. The number of sulfonamides is 1. The number of hydrogen-bond donors (Lipinski definition) is 2. The first kappa shape index (κ1) is 22.2. The first-order valence-electron chi connectivity index (χ1n) is 9.14. The zero-order chi connectivity index (χ0) is 22.3. The van der Waals surface area contributed by atoms with Gasteiger partial charge in [0.25, 0.3) is 5.91 Å². The monoisotopic (exact) mass is 446 g/mol. The lowest BCUT2D eigenvalue weighted by Crippen LogP contribution is -2.28. The third-order valence-corrected chi connectivity index (χ3v) is 5.57. The molecule has 0 radical (unpaired) electrons. The molecule has 31 heavy (non-hydrogen) atoms. The van der Waals surface area contributed by atoms with Gasteiger partial charge in [0, 0.05) is 6.54 Å². The summed E-state index contributed by atoms with van der Waals surface area (Å²) in [5.74, 6) is -1.22. The van der Waals surface area contributed by atoms with E-state index >= 15 is 0 Å². The lowest BCUT2D eigenvalue weighted by atomic mass is 10.2. The van der Waals surface area contributed by atoms with Gasteiger partial charge in [0.15, 0.2) is 6.61 Å². The Bertz CT molecular complexity index is 1130. The van der Waals surface area contributed by atoms with E-state index in [0.717, 1.165) is 0 Å². The summed E-state index contributed by atoms with van der Waals surface area (Å²) in [6, 6.07) is 14.0. The summed E-state index contributed by atoms with van der Waals surface area (Å²) < 4.78 is 49.8. The van der Waals surface area contributed by atoms with Gasteiger partial charge < -0.3 is 14.5 Å². The van der Waals surface area contributed by atoms with Crippen molar-refractivity contribution in [1.82, 2.24) is 10.0 Å². The van der Waals surface area contributed by atoms with Crippen molar-refractivity contribution in [1.29, 1.82) is 0 Å². The molecule has 1 aromatic heterocycles. The molecule has 0 unspecified atom stereocenters. The van der Waals surface area contributed by atoms with E-state index < -0.39 is 28.5 Å². The standard InChI is InChI=1S/C21H19FN2O6S/c22-17-7-3-15(4-8-17)12-23-20(25)14-30-21(26)16-5-9-19(10-6-16)31(27,28)24-13-18-2-1-11-29-18/h1-11,24H,12-14H2,(H,23,25). The van der Waals surface area contributed by atoms with Gasteiger partial charge in [0.05, 0.1) is 23.3 Å². The summed E-state index contributed by atoms with van der Waals surface area (Å²) in [7, 11) is -3.79. The molecule has 1 amide bonds. The second-order valence-electron chi connectivity index (χ2n) is 6.41. The van der Waals surface area contributed by atoms with Gasteiger partial charge in [-0.15, -0.1) is 0 Å². The van der Waals surface area contributed by atoms with Crippen molar-refractivity contribution < 1.29 is 31.6 Å². The fraction of sp³-hybridized carbons (Fsp3) is 0.143. The maximum atomic E-state index is 12.9. The van der Waals surface area contributed by atoms with Crippen molar-refractivity contribution in [3.05, 3.63) is 89.6 Å². The van der Waals surface area contributed by atoms with E-state index in [9.17, 15) is 22.4 Å². The van der Waals surface area contributed by atoms with Crippen LogP contribution in [-0.2, 0) is 32.6 Å². The van der Waals surface area contributed by atoms with Crippen LogP contribution in [0.2, 0.25) is 0 Å². The highest BCUT2D eigenvalue weighted by molar-refractivity contribution is 7.89. The van der Waals surface area contributed by atoms with Crippen LogP contribution in [0.25, 0.3) is 0 Å². The predicted molar refractivity (Wildman–Crippen MR) is 108 cm³/mol. The Morgan fingerprint density at radius 3 is 2.32 bits per heavy atom. The molecule has 0 aliphatic heterocycles. The predicted octanol–water partition coefficient (Wildman–Crippen LogP) is 2.37. The number of hydrogen-bond acceptors (Lipinski definition) is 6. The van der Waals surface area contributed by atoms with E-state index in [1.54, 1.807) is 12.1 Å². The molecule has 3 aromatic rings.